The van der Waals surface area contributed by atoms with Crippen molar-refractivity contribution < 1.29 is 14.3 Å². The number of benzene rings is 2. The van der Waals surface area contributed by atoms with Crippen molar-refractivity contribution in [3.63, 3.8) is 0 Å². The molecule has 33 heavy (non-hydrogen) atoms. The Morgan fingerprint density at radius 2 is 1.76 bits per heavy atom. The van der Waals surface area contributed by atoms with Crippen LogP contribution >= 0.6 is 0 Å². The second-order valence-corrected chi connectivity index (χ2v) is 9.28. The van der Waals surface area contributed by atoms with E-state index in [0.717, 1.165) is 36.7 Å². The van der Waals surface area contributed by atoms with Crippen molar-refractivity contribution >= 4 is 28.5 Å². The lowest BCUT2D eigenvalue weighted by Crippen LogP contribution is -2.65. The van der Waals surface area contributed by atoms with Crippen molar-refractivity contribution in [3.8, 4) is 5.75 Å². The van der Waals surface area contributed by atoms with Crippen LogP contribution in [0.25, 0.3) is 11.0 Å². The Bertz CT molecular complexity index is 1180. The number of para-hydroxylation sites is 2. The fourth-order valence-electron chi connectivity index (χ4n) is 5.17. The first-order valence-corrected chi connectivity index (χ1v) is 11.8. The molecule has 5 rings (SSSR count). The van der Waals surface area contributed by atoms with Crippen LogP contribution in [0.5, 0.6) is 5.75 Å². The highest BCUT2D eigenvalue weighted by Gasteiger charge is 2.49. The normalized spacial score (nSPS) is 21.5. The van der Waals surface area contributed by atoms with E-state index in [0.29, 0.717) is 23.8 Å². The molecule has 1 fully saturated rings. The Labute approximate surface area is 193 Å². The van der Waals surface area contributed by atoms with E-state index >= 15 is 0 Å². The van der Waals surface area contributed by atoms with Gasteiger partial charge in [0.1, 0.15) is 11.3 Å². The molecule has 2 heterocycles. The average Bonchev–Trinajstić information content (AvgIpc) is 3.00. The number of nitrogens with one attached hydrogen (secondary N) is 1. The molecule has 0 radical (unpaired) electrons. The second kappa shape index (κ2) is 8.54. The van der Waals surface area contributed by atoms with E-state index in [-0.39, 0.29) is 17.9 Å². The number of fused-ring (bicyclic) bond motifs is 3. The molecular weight excluding hydrogens is 416 g/mol. The molecule has 1 atom stereocenters. The van der Waals surface area contributed by atoms with Crippen LogP contribution in [-0.2, 0) is 11.3 Å². The molecule has 1 saturated carbocycles. The summed E-state index contributed by atoms with van der Waals surface area (Å²) < 4.78 is 7.19. The number of rotatable bonds is 4. The van der Waals surface area contributed by atoms with Crippen molar-refractivity contribution in [2.24, 2.45) is 0 Å². The smallest absolute Gasteiger partial charge is 0.295 e. The van der Waals surface area contributed by atoms with Gasteiger partial charge in [0.25, 0.3) is 5.91 Å². The summed E-state index contributed by atoms with van der Waals surface area (Å²) in [5, 5.41) is 3.29. The number of anilines is 1. The first-order chi connectivity index (χ1) is 16.0. The largest absolute Gasteiger partial charge is 0.497 e. The van der Waals surface area contributed by atoms with Crippen LogP contribution in [0, 0.1) is 0 Å². The highest BCUT2D eigenvalue weighted by molar-refractivity contribution is 6.12. The molecule has 0 spiro atoms. The number of ether oxygens (including phenoxy) is 1. The SMILES string of the molecule is COc1ccc(N2C(=O)c3nc4ccccc4n3C[C@@]2(C)C(=O)NC2CCCCCC2)cc1. The number of aromatic nitrogens is 2. The molecule has 1 aliphatic heterocycles. The lowest BCUT2D eigenvalue weighted by Gasteiger charge is -2.44. The summed E-state index contributed by atoms with van der Waals surface area (Å²) in [6.07, 6.45) is 6.64. The lowest BCUT2D eigenvalue weighted by atomic mass is 9.93. The summed E-state index contributed by atoms with van der Waals surface area (Å²) in [6.45, 7) is 2.19. The second-order valence-electron chi connectivity index (χ2n) is 9.28. The summed E-state index contributed by atoms with van der Waals surface area (Å²) in [7, 11) is 1.60. The Balaban J connectivity index is 1.58. The molecule has 3 aromatic rings. The van der Waals surface area contributed by atoms with Gasteiger partial charge in [0, 0.05) is 11.7 Å². The van der Waals surface area contributed by atoms with Crippen LogP contribution in [0.4, 0.5) is 5.69 Å². The number of nitrogens with zero attached hydrogens (tertiary/aromatic N) is 3. The monoisotopic (exact) mass is 446 g/mol. The zero-order chi connectivity index (χ0) is 23.0. The number of hydrogen-bond acceptors (Lipinski definition) is 4. The fourth-order valence-corrected chi connectivity index (χ4v) is 5.17. The van der Waals surface area contributed by atoms with Crippen molar-refractivity contribution in [1.29, 1.82) is 0 Å². The number of carbonyl (C=O) groups is 2. The van der Waals surface area contributed by atoms with Crippen LogP contribution < -0.4 is 15.0 Å². The van der Waals surface area contributed by atoms with Crippen LogP contribution in [0.15, 0.2) is 48.5 Å². The standard InChI is InChI=1S/C26H30N4O3/c1-26(25(32)27-18-9-5-3-4-6-10-18)17-29-22-12-8-7-11-21(22)28-23(29)24(31)30(26)19-13-15-20(33-2)16-14-19/h7-8,11-16,18H,3-6,9-10,17H2,1-2H3,(H,27,32)/t26-/m0/s1. The van der Waals surface area contributed by atoms with Gasteiger partial charge in [-0.2, -0.15) is 0 Å². The van der Waals surface area contributed by atoms with Gasteiger partial charge >= 0.3 is 0 Å². The molecule has 7 nitrogen and oxygen atoms in total. The van der Waals surface area contributed by atoms with Crippen molar-refractivity contribution in [3.05, 3.63) is 54.4 Å². The van der Waals surface area contributed by atoms with Crippen molar-refractivity contribution in [2.45, 2.75) is 63.6 Å². The van der Waals surface area contributed by atoms with E-state index in [9.17, 15) is 9.59 Å². The molecule has 0 unspecified atom stereocenters. The summed E-state index contributed by atoms with van der Waals surface area (Å²) >= 11 is 0. The highest BCUT2D eigenvalue weighted by atomic mass is 16.5. The Kier molecular flexibility index (Phi) is 5.56. The maximum atomic E-state index is 13.9. The minimum atomic E-state index is -1.10. The van der Waals surface area contributed by atoms with Gasteiger partial charge in [-0.3, -0.25) is 14.5 Å². The minimum absolute atomic E-state index is 0.123. The van der Waals surface area contributed by atoms with Gasteiger partial charge < -0.3 is 14.6 Å². The zero-order valence-corrected chi connectivity index (χ0v) is 19.2. The lowest BCUT2D eigenvalue weighted by molar-refractivity contribution is -0.127. The van der Waals surface area contributed by atoms with Gasteiger partial charge in [0.05, 0.1) is 24.7 Å². The molecule has 2 amide bonds. The third-order valence-electron chi connectivity index (χ3n) is 7.02. The number of imidazole rings is 1. The van der Waals surface area contributed by atoms with Crippen LogP contribution in [-0.4, -0.2) is 40.1 Å². The number of hydrogen-bond donors (Lipinski definition) is 1. The summed E-state index contributed by atoms with van der Waals surface area (Å²) in [5.74, 6) is 0.648. The molecular formula is C26H30N4O3. The van der Waals surface area contributed by atoms with E-state index in [4.69, 9.17) is 4.74 Å². The molecule has 1 aromatic heterocycles. The van der Waals surface area contributed by atoms with Crippen LogP contribution in [0.1, 0.15) is 56.1 Å². The van der Waals surface area contributed by atoms with E-state index in [1.54, 1.807) is 12.0 Å². The zero-order valence-electron chi connectivity index (χ0n) is 19.2. The topological polar surface area (TPSA) is 76.5 Å². The summed E-state index contributed by atoms with van der Waals surface area (Å²) in [5.41, 5.74) is 1.17. The molecule has 7 heteroatoms. The number of carbonyl (C=O) groups excluding carboxylic acids is 2. The minimum Gasteiger partial charge on any atom is -0.497 e. The molecule has 1 aliphatic carbocycles. The van der Waals surface area contributed by atoms with E-state index in [2.05, 4.69) is 10.3 Å². The molecule has 0 saturated heterocycles. The van der Waals surface area contributed by atoms with Gasteiger partial charge in [-0.05, 0) is 56.2 Å². The third kappa shape index (κ3) is 3.75. The van der Waals surface area contributed by atoms with Gasteiger partial charge in [-0.15, -0.1) is 0 Å². The quantitative estimate of drug-likeness (QED) is 0.606. The average molecular weight is 447 g/mol. The van der Waals surface area contributed by atoms with Gasteiger partial charge in [-0.1, -0.05) is 37.8 Å². The van der Waals surface area contributed by atoms with E-state index < -0.39 is 5.54 Å². The number of amides is 2. The Hall–Kier alpha value is -3.35. The predicted molar refractivity (Wildman–Crippen MR) is 128 cm³/mol. The van der Waals surface area contributed by atoms with Gasteiger partial charge in [0.15, 0.2) is 0 Å². The van der Waals surface area contributed by atoms with E-state index in [1.165, 1.54) is 12.8 Å². The molecule has 0 bridgehead atoms. The van der Waals surface area contributed by atoms with Crippen LogP contribution in [0.3, 0.4) is 0 Å². The first-order valence-electron chi connectivity index (χ1n) is 11.8. The summed E-state index contributed by atoms with van der Waals surface area (Å²) in [4.78, 5) is 33.9. The highest BCUT2D eigenvalue weighted by Crippen LogP contribution is 2.35. The van der Waals surface area contributed by atoms with Crippen LogP contribution in [0.2, 0.25) is 0 Å². The van der Waals surface area contributed by atoms with E-state index in [1.807, 2.05) is 60.0 Å². The van der Waals surface area contributed by atoms with Gasteiger partial charge in [-0.25, -0.2) is 4.98 Å². The molecule has 1 N–H and O–H groups in total. The maximum Gasteiger partial charge on any atom is 0.295 e. The van der Waals surface area contributed by atoms with Gasteiger partial charge in [0.2, 0.25) is 11.7 Å². The summed E-state index contributed by atoms with van der Waals surface area (Å²) in [6, 6.07) is 15.1. The Morgan fingerprint density at radius 3 is 2.45 bits per heavy atom. The first kappa shape index (κ1) is 21.5. The third-order valence-corrected chi connectivity index (χ3v) is 7.02. The molecule has 2 aliphatic rings. The molecule has 172 valence electrons. The maximum absolute atomic E-state index is 13.9. The predicted octanol–water partition coefficient (Wildman–Crippen LogP) is 4.30. The van der Waals surface area contributed by atoms with Crippen molar-refractivity contribution in [2.75, 3.05) is 12.0 Å². The van der Waals surface area contributed by atoms with Crippen molar-refractivity contribution in [1.82, 2.24) is 14.9 Å². The number of methoxy groups -OCH3 is 1. The molecule has 2 aromatic carbocycles. The fraction of sp³-hybridized carbons (Fsp3) is 0.423. The Morgan fingerprint density at radius 1 is 1.06 bits per heavy atom.